The lowest BCUT2D eigenvalue weighted by Gasteiger charge is -2.03. The van der Waals surface area contributed by atoms with Gasteiger partial charge in [0, 0.05) is 12.1 Å². The predicted octanol–water partition coefficient (Wildman–Crippen LogP) is 5.33. The van der Waals surface area contributed by atoms with Crippen LogP contribution >= 0.6 is 0 Å². The summed E-state index contributed by atoms with van der Waals surface area (Å²) in [6.45, 7) is 0. The number of hydrogen-bond acceptors (Lipinski definition) is 3. The molecule has 3 aromatic carbocycles. The second-order valence-corrected chi connectivity index (χ2v) is 5.46. The van der Waals surface area contributed by atoms with Crippen molar-refractivity contribution in [2.75, 3.05) is 0 Å². The van der Waals surface area contributed by atoms with E-state index in [0.29, 0.717) is 11.1 Å². The van der Waals surface area contributed by atoms with Gasteiger partial charge in [-0.1, -0.05) is 54.6 Å². The van der Waals surface area contributed by atoms with Crippen LogP contribution in [0.25, 0.3) is 22.8 Å². The Morgan fingerprint density at radius 3 is 2.04 bits per heavy atom. The smallest absolute Gasteiger partial charge is 0.258 e. The molecule has 0 saturated carbocycles. The molecule has 3 rings (SSSR count). The fraction of sp³-hybridized carbons (Fsp3) is 0. The third-order valence-corrected chi connectivity index (χ3v) is 3.84. The van der Waals surface area contributed by atoms with Crippen molar-refractivity contribution in [3.8, 4) is 17.2 Å². The Morgan fingerprint density at radius 1 is 0.880 bits per heavy atom. The third kappa shape index (κ3) is 3.80. The fourth-order valence-electron chi connectivity index (χ4n) is 2.51. The second-order valence-electron chi connectivity index (χ2n) is 5.46. The van der Waals surface area contributed by atoms with E-state index in [1.54, 1.807) is 18.2 Å². The molecule has 4 heteroatoms. The topological polar surface area (TPSA) is 66.9 Å². The molecule has 0 aliphatic rings. The molecule has 0 radical (unpaired) electrons. The number of nitrogens with zero attached hydrogens (tertiary/aromatic N) is 2. The molecule has 0 atom stereocenters. The molecule has 3 aromatic rings. The summed E-state index contributed by atoms with van der Waals surface area (Å²) < 4.78 is 0. The summed E-state index contributed by atoms with van der Waals surface area (Å²) in [7, 11) is 0. The van der Waals surface area contributed by atoms with Crippen molar-refractivity contribution in [2.45, 2.75) is 0 Å². The molecule has 0 aliphatic heterocycles. The molecule has 0 aliphatic carbocycles. The lowest BCUT2D eigenvalue weighted by atomic mass is 10.0. The van der Waals surface area contributed by atoms with E-state index in [1.807, 2.05) is 54.6 Å². The van der Waals surface area contributed by atoms with Crippen molar-refractivity contribution in [2.24, 2.45) is 0 Å². The number of hydrogen-bond donors (Lipinski definition) is 0. The van der Waals surface area contributed by atoms with Crippen LogP contribution in [0.4, 0.5) is 5.69 Å². The summed E-state index contributed by atoms with van der Waals surface area (Å²) in [5.41, 5.74) is 4.26. The van der Waals surface area contributed by atoms with Crippen molar-refractivity contribution in [1.82, 2.24) is 0 Å². The number of nitro benzene ring substituents is 1. The Kier molecular flexibility index (Phi) is 4.68. The van der Waals surface area contributed by atoms with Gasteiger partial charge in [-0.2, -0.15) is 5.26 Å². The van der Waals surface area contributed by atoms with Crippen molar-refractivity contribution in [3.63, 3.8) is 0 Å². The fourth-order valence-corrected chi connectivity index (χ4v) is 2.51. The highest BCUT2D eigenvalue weighted by atomic mass is 16.6. The van der Waals surface area contributed by atoms with Crippen molar-refractivity contribution < 1.29 is 4.92 Å². The van der Waals surface area contributed by atoms with Crippen LogP contribution < -0.4 is 0 Å². The summed E-state index contributed by atoms with van der Waals surface area (Å²) in [5.74, 6) is 0. The number of allylic oxidation sites excluding steroid dienone is 1. The summed E-state index contributed by atoms with van der Waals surface area (Å²) in [6.07, 6.45) is 1.77. The zero-order valence-electron chi connectivity index (χ0n) is 13.3. The molecule has 25 heavy (non-hydrogen) atoms. The average molecular weight is 326 g/mol. The van der Waals surface area contributed by atoms with E-state index in [0.717, 1.165) is 16.7 Å². The van der Waals surface area contributed by atoms with Crippen LogP contribution in [0.3, 0.4) is 0 Å². The van der Waals surface area contributed by atoms with E-state index in [2.05, 4.69) is 6.07 Å². The third-order valence-electron chi connectivity index (χ3n) is 3.84. The normalized spacial score (nSPS) is 10.9. The maximum atomic E-state index is 10.7. The summed E-state index contributed by atoms with van der Waals surface area (Å²) in [6, 6.07) is 26.1. The molecule has 0 saturated heterocycles. The van der Waals surface area contributed by atoms with Crippen molar-refractivity contribution in [1.29, 1.82) is 5.26 Å². The first kappa shape index (κ1) is 16.2. The van der Waals surface area contributed by atoms with Crippen molar-refractivity contribution in [3.05, 3.63) is 100 Å². The monoisotopic (exact) mass is 326 g/mol. The first-order valence-electron chi connectivity index (χ1n) is 7.69. The standard InChI is InChI=1S/C21H14N2O2/c22-15-20(19-10-12-21(13-11-19)23(24)25)14-16-6-8-18(9-7-16)17-4-2-1-3-5-17/h1-14H/b20-14-. The van der Waals surface area contributed by atoms with Crippen LogP contribution in [-0.4, -0.2) is 4.92 Å². The molecule has 0 spiro atoms. The van der Waals surface area contributed by atoms with E-state index in [9.17, 15) is 15.4 Å². The quantitative estimate of drug-likeness (QED) is 0.282. The molecule has 4 nitrogen and oxygen atoms in total. The Balaban J connectivity index is 1.87. The number of nitriles is 1. The largest absolute Gasteiger partial charge is 0.269 e. The van der Waals surface area contributed by atoms with E-state index >= 15 is 0 Å². The molecule has 120 valence electrons. The number of nitro groups is 1. The van der Waals surface area contributed by atoms with Gasteiger partial charge in [-0.25, -0.2) is 0 Å². The van der Waals surface area contributed by atoms with Crippen molar-refractivity contribution >= 4 is 17.3 Å². The first-order chi connectivity index (χ1) is 12.2. The van der Waals surface area contributed by atoms with Crippen LogP contribution in [0.2, 0.25) is 0 Å². The average Bonchev–Trinajstić information content (AvgIpc) is 2.67. The summed E-state index contributed by atoms with van der Waals surface area (Å²) in [4.78, 5) is 10.3. The van der Waals surface area contributed by atoms with Gasteiger partial charge in [0.2, 0.25) is 0 Å². The minimum Gasteiger partial charge on any atom is -0.258 e. The molecule has 0 heterocycles. The van der Waals surface area contributed by atoms with Crippen LogP contribution in [0.1, 0.15) is 11.1 Å². The van der Waals surface area contributed by atoms with Crippen LogP contribution in [0, 0.1) is 21.4 Å². The van der Waals surface area contributed by atoms with Gasteiger partial charge < -0.3 is 0 Å². The lowest BCUT2D eigenvalue weighted by Crippen LogP contribution is -1.88. The van der Waals surface area contributed by atoms with Crippen LogP contribution in [0.15, 0.2) is 78.9 Å². The van der Waals surface area contributed by atoms with Crippen LogP contribution in [-0.2, 0) is 0 Å². The van der Waals surface area contributed by atoms with Gasteiger partial charge in [0.25, 0.3) is 5.69 Å². The highest BCUT2D eigenvalue weighted by Crippen LogP contribution is 2.23. The summed E-state index contributed by atoms with van der Waals surface area (Å²) >= 11 is 0. The van der Waals surface area contributed by atoms with Gasteiger partial charge >= 0.3 is 0 Å². The molecule has 0 N–H and O–H groups in total. The molecule has 0 unspecified atom stereocenters. The van der Waals surface area contributed by atoms with Gasteiger partial charge in [-0.3, -0.25) is 10.1 Å². The first-order valence-corrected chi connectivity index (χ1v) is 7.69. The zero-order chi connectivity index (χ0) is 17.6. The predicted molar refractivity (Wildman–Crippen MR) is 98.5 cm³/mol. The SMILES string of the molecule is N#C/C(=C/c1ccc(-c2ccccc2)cc1)c1ccc([N+](=O)[O-])cc1. The maximum Gasteiger partial charge on any atom is 0.269 e. The zero-order valence-corrected chi connectivity index (χ0v) is 13.3. The number of non-ortho nitro benzene ring substituents is 1. The van der Waals surface area contributed by atoms with E-state index in [-0.39, 0.29) is 5.69 Å². The van der Waals surface area contributed by atoms with Gasteiger partial charge in [0.05, 0.1) is 16.6 Å². The minimum atomic E-state index is -0.457. The van der Waals surface area contributed by atoms with Gasteiger partial charge in [0.15, 0.2) is 0 Å². The van der Waals surface area contributed by atoms with Gasteiger partial charge in [-0.15, -0.1) is 0 Å². The Hall–Kier alpha value is -3.71. The second kappa shape index (κ2) is 7.24. The van der Waals surface area contributed by atoms with E-state index in [1.165, 1.54) is 12.1 Å². The Labute approximate surface area is 145 Å². The molecule has 0 fully saturated rings. The van der Waals surface area contributed by atoms with E-state index in [4.69, 9.17) is 0 Å². The van der Waals surface area contributed by atoms with Gasteiger partial charge in [-0.05, 0) is 40.5 Å². The number of rotatable bonds is 4. The van der Waals surface area contributed by atoms with E-state index < -0.39 is 4.92 Å². The lowest BCUT2D eigenvalue weighted by molar-refractivity contribution is -0.384. The maximum absolute atomic E-state index is 10.7. The Bertz CT molecular complexity index is 952. The Morgan fingerprint density at radius 2 is 1.48 bits per heavy atom. The molecular formula is C21H14N2O2. The molecular weight excluding hydrogens is 312 g/mol. The van der Waals surface area contributed by atoms with Gasteiger partial charge in [0.1, 0.15) is 0 Å². The highest BCUT2D eigenvalue weighted by Gasteiger charge is 2.07. The number of benzene rings is 3. The molecule has 0 amide bonds. The minimum absolute atomic E-state index is 0.00764. The molecule has 0 bridgehead atoms. The highest BCUT2D eigenvalue weighted by molar-refractivity contribution is 5.90. The van der Waals surface area contributed by atoms with Crippen LogP contribution in [0.5, 0.6) is 0 Å². The molecule has 0 aromatic heterocycles. The summed E-state index contributed by atoms with van der Waals surface area (Å²) in [5, 5.41) is 20.1.